The molecule has 0 heterocycles. The van der Waals surface area contributed by atoms with Gasteiger partial charge < -0.3 is 20.5 Å². The van der Waals surface area contributed by atoms with Gasteiger partial charge in [0.1, 0.15) is 5.75 Å². The number of benzene rings is 4. The molecule has 0 unspecified atom stereocenters. The third-order valence-electron chi connectivity index (χ3n) is 6.59. The lowest BCUT2D eigenvalue weighted by Crippen LogP contribution is -2.49. The Kier molecular flexibility index (Phi) is 10.1. The molecule has 0 aliphatic rings. The Bertz CT molecular complexity index is 1530. The number of carbonyl (C=O) groups is 1. The SMILES string of the molecule is COc1cccc(CNC[C@@H](O)[C@H](Cc2ccccc2)NC(=O)c2ccccc2N(c2ccccc2)S(C)(=O)=O)c1. The molecule has 0 aliphatic carbocycles. The number of ether oxygens (including phenoxy) is 1. The van der Waals surface area contributed by atoms with Crippen LogP contribution in [-0.2, 0) is 23.0 Å². The molecule has 0 bridgehead atoms. The number of anilines is 2. The number of aliphatic hydroxyl groups excluding tert-OH is 1. The number of nitrogens with zero attached hydrogens (tertiary/aromatic N) is 1. The summed E-state index contributed by atoms with van der Waals surface area (Å²) in [5.41, 5.74) is 2.76. The highest BCUT2D eigenvalue weighted by molar-refractivity contribution is 7.92. The van der Waals surface area contributed by atoms with Crippen LogP contribution in [0.4, 0.5) is 11.4 Å². The van der Waals surface area contributed by atoms with Gasteiger partial charge in [-0.3, -0.25) is 4.79 Å². The van der Waals surface area contributed by atoms with Crippen molar-refractivity contribution in [3.8, 4) is 5.75 Å². The summed E-state index contributed by atoms with van der Waals surface area (Å²) < 4.78 is 32.2. The van der Waals surface area contributed by atoms with E-state index < -0.39 is 28.1 Å². The van der Waals surface area contributed by atoms with Gasteiger partial charge in [-0.1, -0.05) is 72.8 Å². The van der Waals surface area contributed by atoms with Crippen molar-refractivity contribution < 1.29 is 23.1 Å². The maximum Gasteiger partial charge on any atom is 0.253 e. The molecular weight excluding hydrogens is 538 g/mol. The maximum absolute atomic E-state index is 13.7. The number of hydrogen-bond donors (Lipinski definition) is 3. The van der Waals surface area contributed by atoms with Gasteiger partial charge in [0.25, 0.3) is 5.91 Å². The lowest BCUT2D eigenvalue weighted by Gasteiger charge is -2.27. The highest BCUT2D eigenvalue weighted by Gasteiger charge is 2.27. The molecule has 4 aromatic carbocycles. The Labute approximate surface area is 241 Å². The van der Waals surface area contributed by atoms with Crippen molar-refractivity contribution >= 4 is 27.3 Å². The van der Waals surface area contributed by atoms with Crippen molar-refractivity contribution in [3.05, 3.63) is 126 Å². The van der Waals surface area contributed by atoms with Gasteiger partial charge in [-0.15, -0.1) is 0 Å². The van der Waals surface area contributed by atoms with E-state index in [2.05, 4.69) is 10.6 Å². The molecule has 0 saturated heterocycles. The Morgan fingerprint density at radius 1 is 0.878 bits per heavy atom. The first kappa shape index (κ1) is 29.8. The van der Waals surface area contributed by atoms with Crippen LogP contribution < -0.4 is 19.7 Å². The van der Waals surface area contributed by atoms with Crippen LogP contribution in [0.25, 0.3) is 0 Å². The third kappa shape index (κ3) is 8.17. The third-order valence-corrected chi connectivity index (χ3v) is 7.66. The van der Waals surface area contributed by atoms with Crippen LogP contribution in [-0.4, -0.2) is 51.5 Å². The standard InChI is InChI=1S/C32H35N3O5S/c1-40-27-17-11-14-25(20-27)22-33-23-31(36)29(21-24-12-5-3-6-13-24)34-32(37)28-18-9-10-19-30(28)35(41(2,38)39)26-15-7-4-8-16-26/h3-20,29,31,33,36H,21-23H2,1-2H3,(H,34,37)/t29-,31+/m0/s1. The van der Waals surface area contributed by atoms with E-state index in [0.717, 1.165) is 27.4 Å². The van der Waals surface area contributed by atoms with E-state index in [9.17, 15) is 18.3 Å². The van der Waals surface area contributed by atoms with Crippen LogP contribution >= 0.6 is 0 Å². The van der Waals surface area contributed by atoms with Crippen LogP contribution in [0.2, 0.25) is 0 Å². The Balaban J connectivity index is 1.56. The Hall–Kier alpha value is -4.18. The van der Waals surface area contributed by atoms with Crippen LogP contribution in [0.3, 0.4) is 0 Å². The minimum absolute atomic E-state index is 0.177. The van der Waals surface area contributed by atoms with Gasteiger partial charge in [0.2, 0.25) is 10.0 Å². The fourth-order valence-electron chi connectivity index (χ4n) is 4.60. The monoisotopic (exact) mass is 573 g/mol. The summed E-state index contributed by atoms with van der Waals surface area (Å²) in [4.78, 5) is 13.7. The first-order valence-corrected chi connectivity index (χ1v) is 15.1. The van der Waals surface area contributed by atoms with Crippen molar-refractivity contribution in [2.45, 2.75) is 25.1 Å². The predicted octanol–water partition coefficient (Wildman–Crippen LogP) is 4.28. The van der Waals surface area contributed by atoms with Crippen LogP contribution in [0.15, 0.2) is 109 Å². The lowest BCUT2D eigenvalue weighted by atomic mass is 10.00. The molecule has 1 amide bonds. The van der Waals surface area contributed by atoms with Gasteiger partial charge in [-0.25, -0.2) is 12.7 Å². The molecule has 2 atom stereocenters. The topological polar surface area (TPSA) is 108 Å². The Morgan fingerprint density at radius 2 is 1.51 bits per heavy atom. The van der Waals surface area contributed by atoms with Crippen molar-refractivity contribution in [1.82, 2.24) is 10.6 Å². The fourth-order valence-corrected chi connectivity index (χ4v) is 5.62. The van der Waals surface area contributed by atoms with Crippen molar-refractivity contribution in [1.29, 1.82) is 0 Å². The minimum atomic E-state index is -3.78. The molecule has 8 nitrogen and oxygen atoms in total. The van der Waals surface area contributed by atoms with Gasteiger partial charge in [-0.2, -0.15) is 0 Å². The second kappa shape index (κ2) is 13.9. The van der Waals surface area contributed by atoms with E-state index in [4.69, 9.17) is 4.74 Å². The molecular formula is C32H35N3O5S. The summed E-state index contributed by atoms with van der Waals surface area (Å²) in [7, 11) is -2.17. The minimum Gasteiger partial charge on any atom is -0.497 e. The van der Waals surface area contributed by atoms with E-state index >= 15 is 0 Å². The van der Waals surface area contributed by atoms with Crippen molar-refractivity contribution in [2.75, 3.05) is 24.2 Å². The number of hydrogen-bond acceptors (Lipinski definition) is 6. The molecule has 214 valence electrons. The second-order valence-corrected chi connectivity index (χ2v) is 11.5. The van der Waals surface area contributed by atoms with Crippen LogP contribution in [0.1, 0.15) is 21.5 Å². The van der Waals surface area contributed by atoms with Gasteiger partial charge in [0.15, 0.2) is 0 Å². The number of amides is 1. The van der Waals surface area contributed by atoms with Gasteiger partial charge in [0.05, 0.1) is 42.4 Å². The fraction of sp³-hybridized carbons (Fsp3) is 0.219. The molecule has 3 N–H and O–H groups in total. The number of rotatable bonds is 13. The van der Waals surface area contributed by atoms with E-state index in [1.807, 2.05) is 54.6 Å². The zero-order valence-electron chi connectivity index (χ0n) is 23.1. The molecule has 0 fully saturated rings. The highest BCUT2D eigenvalue weighted by Crippen LogP contribution is 2.31. The zero-order chi connectivity index (χ0) is 29.2. The van der Waals surface area contributed by atoms with E-state index in [-0.39, 0.29) is 17.8 Å². The number of aliphatic hydroxyl groups is 1. The second-order valence-electron chi connectivity index (χ2n) is 9.70. The highest BCUT2D eigenvalue weighted by atomic mass is 32.2. The number of methoxy groups -OCH3 is 1. The Morgan fingerprint density at radius 3 is 2.20 bits per heavy atom. The number of para-hydroxylation sites is 2. The van der Waals surface area contributed by atoms with Crippen LogP contribution in [0, 0.1) is 0 Å². The lowest BCUT2D eigenvalue weighted by molar-refractivity contribution is 0.0830. The first-order valence-electron chi connectivity index (χ1n) is 13.3. The smallest absolute Gasteiger partial charge is 0.253 e. The summed E-state index contributed by atoms with van der Waals surface area (Å²) >= 11 is 0. The average Bonchev–Trinajstić information content (AvgIpc) is 2.97. The van der Waals surface area contributed by atoms with Crippen molar-refractivity contribution in [2.24, 2.45) is 0 Å². The van der Waals surface area contributed by atoms with E-state index in [1.54, 1.807) is 61.7 Å². The summed E-state index contributed by atoms with van der Waals surface area (Å²) in [6, 6.07) is 31.7. The summed E-state index contributed by atoms with van der Waals surface area (Å²) in [6.07, 6.45) is 0.549. The number of carbonyl (C=O) groups excluding carboxylic acids is 1. The molecule has 9 heteroatoms. The average molecular weight is 574 g/mol. The number of nitrogens with one attached hydrogen (secondary N) is 2. The molecule has 4 aromatic rings. The first-order chi connectivity index (χ1) is 19.8. The molecule has 0 spiro atoms. The molecule has 0 aromatic heterocycles. The van der Waals surface area contributed by atoms with E-state index in [0.29, 0.717) is 18.7 Å². The predicted molar refractivity (Wildman–Crippen MR) is 162 cm³/mol. The number of sulfonamides is 1. The maximum atomic E-state index is 13.7. The molecule has 0 radical (unpaired) electrons. The van der Waals surface area contributed by atoms with E-state index in [1.165, 1.54) is 0 Å². The summed E-state index contributed by atoms with van der Waals surface area (Å²) in [5, 5.41) is 17.5. The molecule has 0 saturated carbocycles. The normalized spacial score (nSPS) is 12.8. The van der Waals surface area contributed by atoms with Gasteiger partial charge in [-0.05, 0) is 53.9 Å². The van der Waals surface area contributed by atoms with Gasteiger partial charge >= 0.3 is 0 Å². The summed E-state index contributed by atoms with van der Waals surface area (Å²) in [6.45, 7) is 0.722. The quantitative estimate of drug-likeness (QED) is 0.220. The zero-order valence-corrected chi connectivity index (χ0v) is 23.9. The summed E-state index contributed by atoms with van der Waals surface area (Å²) in [5.74, 6) is 0.259. The van der Waals surface area contributed by atoms with Gasteiger partial charge in [0, 0.05) is 13.1 Å². The van der Waals surface area contributed by atoms with Crippen molar-refractivity contribution in [3.63, 3.8) is 0 Å². The molecule has 0 aliphatic heterocycles. The molecule has 41 heavy (non-hydrogen) atoms. The largest absolute Gasteiger partial charge is 0.497 e. The molecule has 4 rings (SSSR count). The van der Waals surface area contributed by atoms with Crippen LogP contribution in [0.5, 0.6) is 5.75 Å².